The smallest absolute Gasteiger partial charge is 0.0637 e. The van der Waals surface area contributed by atoms with Crippen molar-refractivity contribution in [1.29, 1.82) is 0 Å². The Morgan fingerprint density at radius 1 is 1.44 bits per heavy atom. The van der Waals surface area contributed by atoms with Crippen molar-refractivity contribution >= 4 is 10.8 Å². The molecule has 0 bridgehead atoms. The summed E-state index contributed by atoms with van der Waals surface area (Å²) in [4.78, 5) is 0. The van der Waals surface area contributed by atoms with Crippen molar-refractivity contribution in [3.8, 4) is 0 Å². The third-order valence-electron chi connectivity index (χ3n) is 1.74. The molecule has 0 atom stereocenters. The van der Waals surface area contributed by atoms with Crippen LogP contribution in [0.25, 0.3) is 0 Å². The average Bonchev–Trinajstić information content (AvgIpc) is 1.78. The Morgan fingerprint density at radius 3 is 2.22 bits per heavy atom. The maximum absolute atomic E-state index is 10.8. The molecule has 0 aromatic carbocycles. The minimum absolute atomic E-state index is 0.534. The molecule has 1 N–H and O–H groups in total. The van der Waals surface area contributed by atoms with Gasteiger partial charge in [0.25, 0.3) is 0 Å². The molecule has 0 saturated carbocycles. The van der Waals surface area contributed by atoms with E-state index in [-0.39, 0.29) is 0 Å². The second-order valence-corrected chi connectivity index (χ2v) is 4.54. The number of aliphatic hydroxyl groups is 1. The van der Waals surface area contributed by atoms with Gasteiger partial charge in [-0.1, -0.05) is 0 Å². The SMILES string of the molecule is CC1(O)CCS(=O)CC1. The van der Waals surface area contributed by atoms with E-state index >= 15 is 0 Å². The molecule has 0 aromatic rings. The van der Waals surface area contributed by atoms with Crippen molar-refractivity contribution in [1.82, 2.24) is 0 Å². The van der Waals surface area contributed by atoms with E-state index < -0.39 is 16.4 Å². The molecule has 1 rings (SSSR count). The molecule has 0 amide bonds. The molecular weight excluding hydrogens is 136 g/mol. The van der Waals surface area contributed by atoms with Gasteiger partial charge in [0.2, 0.25) is 0 Å². The van der Waals surface area contributed by atoms with Gasteiger partial charge in [-0.2, -0.15) is 0 Å². The Hall–Kier alpha value is 0.110. The van der Waals surface area contributed by atoms with Crippen molar-refractivity contribution < 1.29 is 9.32 Å². The summed E-state index contributed by atoms with van der Waals surface area (Å²) in [7, 11) is -0.647. The van der Waals surface area contributed by atoms with Crippen LogP contribution in [-0.2, 0) is 10.8 Å². The van der Waals surface area contributed by atoms with E-state index in [1.165, 1.54) is 0 Å². The molecule has 1 heterocycles. The highest BCUT2D eigenvalue weighted by molar-refractivity contribution is 7.85. The molecule has 0 spiro atoms. The van der Waals surface area contributed by atoms with Gasteiger partial charge in [0.15, 0.2) is 0 Å². The Balaban J connectivity index is 2.44. The van der Waals surface area contributed by atoms with Gasteiger partial charge in [-0.3, -0.25) is 4.21 Å². The fraction of sp³-hybridized carbons (Fsp3) is 1.00. The molecule has 1 saturated heterocycles. The predicted molar refractivity (Wildman–Crippen MR) is 37.7 cm³/mol. The summed E-state index contributed by atoms with van der Waals surface area (Å²) in [5.41, 5.74) is -0.534. The zero-order chi connectivity index (χ0) is 6.91. The first-order chi connectivity index (χ1) is 4.10. The summed E-state index contributed by atoms with van der Waals surface area (Å²) in [5.74, 6) is 1.35. The topological polar surface area (TPSA) is 37.3 Å². The van der Waals surface area contributed by atoms with Crippen molar-refractivity contribution in [2.75, 3.05) is 11.5 Å². The molecular formula is C6H12O2S. The van der Waals surface area contributed by atoms with E-state index in [0.717, 1.165) is 0 Å². The molecule has 1 aliphatic rings. The van der Waals surface area contributed by atoms with Crippen LogP contribution in [0.15, 0.2) is 0 Å². The van der Waals surface area contributed by atoms with Crippen molar-refractivity contribution in [3.05, 3.63) is 0 Å². The maximum atomic E-state index is 10.8. The number of rotatable bonds is 0. The molecule has 0 unspecified atom stereocenters. The van der Waals surface area contributed by atoms with E-state index in [2.05, 4.69) is 0 Å². The summed E-state index contributed by atoms with van der Waals surface area (Å²) >= 11 is 0. The minimum atomic E-state index is -0.647. The molecule has 0 aromatic heterocycles. The zero-order valence-electron chi connectivity index (χ0n) is 5.59. The quantitative estimate of drug-likeness (QED) is 0.536. The second kappa shape index (κ2) is 2.39. The van der Waals surface area contributed by atoms with Crippen LogP contribution in [0, 0.1) is 0 Å². The second-order valence-electron chi connectivity index (χ2n) is 2.85. The van der Waals surface area contributed by atoms with Gasteiger partial charge < -0.3 is 5.11 Å². The Labute approximate surface area is 57.7 Å². The lowest BCUT2D eigenvalue weighted by atomic mass is 10.0. The fourth-order valence-corrected chi connectivity index (χ4v) is 2.43. The van der Waals surface area contributed by atoms with E-state index in [1.54, 1.807) is 0 Å². The summed E-state index contributed by atoms with van der Waals surface area (Å²) in [6.45, 7) is 1.81. The van der Waals surface area contributed by atoms with Crippen molar-refractivity contribution in [2.45, 2.75) is 25.4 Å². The first-order valence-electron chi connectivity index (χ1n) is 3.17. The van der Waals surface area contributed by atoms with Gasteiger partial charge in [-0.15, -0.1) is 0 Å². The number of hydrogen-bond acceptors (Lipinski definition) is 2. The lowest BCUT2D eigenvalue weighted by Crippen LogP contribution is -2.33. The first kappa shape index (κ1) is 7.22. The Kier molecular flexibility index (Phi) is 1.91. The molecule has 1 aliphatic heterocycles. The molecule has 3 heteroatoms. The molecule has 0 aliphatic carbocycles. The van der Waals surface area contributed by atoms with Crippen LogP contribution in [0.1, 0.15) is 19.8 Å². The van der Waals surface area contributed by atoms with Crippen LogP contribution in [-0.4, -0.2) is 26.4 Å². The lowest BCUT2D eigenvalue weighted by Gasteiger charge is -2.26. The van der Waals surface area contributed by atoms with Crippen molar-refractivity contribution in [2.24, 2.45) is 0 Å². The monoisotopic (exact) mass is 148 g/mol. The number of hydrogen-bond donors (Lipinski definition) is 1. The highest BCUT2D eigenvalue weighted by Crippen LogP contribution is 2.20. The van der Waals surface area contributed by atoms with Crippen LogP contribution in [0.2, 0.25) is 0 Å². The zero-order valence-corrected chi connectivity index (χ0v) is 6.41. The first-order valence-corrected chi connectivity index (χ1v) is 4.66. The average molecular weight is 148 g/mol. The van der Waals surface area contributed by atoms with Crippen LogP contribution in [0.5, 0.6) is 0 Å². The maximum Gasteiger partial charge on any atom is 0.0637 e. The standard InChI is InChI=1S/C6H12O2S/c1-6(7)2-4-9(8)5-3-6/h7H,2-5H2,1H3. The van der Waals surface area contributed by atoms with Gasteiger partial charge in [-0.25, -0.2) is 0 Å². The molecule has 0 radical (unpaired) electrons. The normalized spacial score (nSPS) is 44.9. The third-order valence-corrected chi connectivity index (χ3v) is 3.06. The molecule has 1 fully saturated rings. The predicted octanol–water partition coefficient (Wildman–Crippen LogP) is 0.280. The van der Waals surface area contributed by atoms with Gasteiger partial charge in [0, 0.05) is 22.3 Å². The molecule has 2 nitrogen and oxygen atoms in total. The van der Waals surface area contributed by atoms with Crippen LogP contribution < -0.4 is 0 Å². The third kappa shape index (κ3) is 2.06. The van der Waals surface area contributed by atoms with Gasteiger partial charge >= 0.3 is 0 Å². The van der Waals surface area contributed by atoms with E-state index in [4.69, 9.17) is 0 Å². The van der Waals surface area contributed by atoms with Crippen molar-refractivity contribution in [3.63, 3.8) is 0 Å². The minimum Gasteiger partial charge on any atom is -0.390 e. The fourth-order valence-electron chi connectivity index (χ4n) is 0.894. The Bertz CT molecular complexity index is 119. The molecule has 54 valence electrons. The lowest BCUT2D eigenvalue weighted by molar-refractivity contribution is 0.0509. The van der Waals surface area contributed by atoms with Crippen LogP contribution in [0.4, 0.5) is 0 Å². The highest BCUT2D eigenvalue weighted by Gasteiger charge is 2.26. The Morgan fingerprint density at radius 2 is 1.89 bits per heavy atom. The highest BCUT2D eigenvalue weighted by atomic mass is 32.2. The van der Waals surface area contributed by atoms with E-state index in [9.17, 15) is 9.32 Å². The molecule has 9 heavy (non-hydrogen) atoms. The van der Waals surface area contributed by atoms with Gasteiger partial charge in [0.1, 0.15) is 0 Å². The summed E-state index contributed by atoms with van der Waals surface area (Å²) in [6, 6.07) is 0. The van der Waals surface area contributed by atoms with Crippen LogP contribution in [0.3, 0.4) is 0 Å². The largest absolute Gasteiger partial charge is 0.390 e. The summed E-state index contributed by atoms with van der Waals surface area (Å²) in [5, 5.41) is 9.36. The van der Waals surface area contributed by atoms with E-state index in [0.29, 0.717) is 24.3 Å². The van der Waals surface area contributed by atoms with Gasteiger partial charge in [0.05, 0.1) is 5.60 Å². The summed E-state index contributed by atoms with van der Waals surface area (Å²) in [6.07, 6.45) is 1.39. The summed E-state index contributed by atoms with van der Waals surface area (Å²) < 4.78 is 10.8. The van der Waals surface area contributed by atoms with E-state index in [1.807, 2.05) is 6.92 Å². The van der Waals surface area contributed by atoms with Crippen LogP contribution >= 0.6 is 0 Å². The van der Waals surface area contributed by atoms with Gasteiger partial charge in [-0.05, 0) is 19.8 Å².